The number of nitrogens with zero attached hydrogens (tertiary/aromatic N) is 3. The minimum atomic E-state index is -0.0662. The summed E-state index contributed by atoms with van der Waals surface area (Å²) in [5.74, 6) is 0. The normalized spacial score (nSPS) is 9.87. The topological polar surface area (TPSA) is 61.8 Å². The van der Waals surface area contributed by atoms with Crippen LogP contribution in [0.1, 0.15) is 11.3 Å². The molecule has 0 amide bonds. The monoisotopic (exact) mass is 199 g/mol. The first-order valence-corrected chi connectivity index (χ1v) is 4.49. The molecule has 0 aliphatic carbocycles. The molecule has 0 aliphatic heterocycles. The summed E-state index contributed by atoms with van der Waals surface area (Å²) < 4.78 is 1.66. The van der Waals surface area contributed by atoms with E-state index in [-0.39, 0.29) is 6.61 Å². The van der Waals surface area contributed by atoms with Crippen LogP contribution in [0.5, 0.6) is 0 Å². The predicted octanol–water partition coefficient (Wildman–Crippen LogP) is 1.24. The second kappa shape index (κ2) is 3.95. The summed E-state index contributed by atoms with van der Waals surface area (Å²) in [6.45, 7) is -0.0662. The van der Waals surface area contributed by atoms with Crippen molar-refractivity contribution in [3.8, 4) is 11.8 Å². The van der Waals surface area contributed by atoms with Gasteiger partial charge in [0, 0.05) is 6.20 Å². The van der Waals surface area contributed by atoms with E-state index in [1.165, 1.54) is 0 Å². The fourth-order valence-electron chi connectivity index (χ4n) is 1.28. The van der Waals surface area contributed by atoms with Gasteiger partial charge in [-0.3, -0.25) is 0 Å². The van der Waals surface area contributed by atoms with Gasteiger partial charge in [0.15, 0.2) is 0 Å². The van der Waals surface area contributed by atoms with Crippen LogP contribution in [0, 0.1) is 11.3 Å². The molecule has 0 spiro atoms. The fraction of sp³-hybridized carbons (Fsp3) is 0.0909. The van der Waals surface area contributed by atoms with E-state index in [2.05, 4.69) is 11.2 Å². The third kappa shape index (κ3) is 1.87. The molecular formula is C11H9N3O. The van der Waals surface area contributed by atoms with E-state index < -0.39 is 0 Å². The van der Waals surface area contributed by atoms with Crippen LogP contribution in [0.15, 0.2) is 36.5 Å². The molecule has 0 fully saturated rings. The predicted molar refractivity (Wildman–Crippen MR) is 54.2 cm³/mol. The van der Waals surface area contributed by atoms with Crippen molar-refractivity contribution in [3.05, 3.63) is 47.8 Å². The molecule has 1 aromatic heterocycles. The Bertz CT molecular complexity index is 493. The summed E-state index contributed by atoms with van der Waals surface area (Å²) in [6, 6.07) is 10.9. The highest BCUT2D eigenvalue weighted by molar-refractivity contribution is 5.38. The molecule has 0 atom stereocenters. The summed E-state index contributed by atoms with van der Waals surface area (Å²) in [6.07, 6.45) is 1.77. The van der Waals surface area contributed by atoms with Crippen molar-refractivity contribution in [2.45, 2.75) is 6.61 Å². The number of aliphatic hydroxyl groups excluding tert-OH is 1. The first-order valence-electron chi connectivity index (χ1n) is 4.49. The maximum absolute atomic E-state index is 8.86. The van der Waals surface area contributed by atoms with E-state index in [1.54, 1.807) is 29.1 Å². The molecule has 0 saturated carbocycles. The Hall–Kier alpha value is -2.12. The summed E-state index contributed by atoms with van der Waals surface area (Å²) in [5.41, 5.74) is 2.11. The second-order valence-corrected chi connectivity index (χ2v) is 3.07. The fourth-order valence-corrected chi connectivity index (χ4v) is 1.28. The van der Waals surface area contributed by atoms with Crippen molar-refractivity contribution in [1.29, 1.82) is 5.26 Å². The lowest BCUT2D eigenvalue weighted by Gasteiger charge is -2.00. The zero-order valence-electron chi connectivity index (χ0n) is 7.96. The highest BCUT2D eigenvalue weighted by Crippen LogP contribution is 2.09. The summed E-state index contributed by atoms with van der Waals surface area (Å²) in [7, 11) is 0. The average Bonchev–Trinajstić information content (AvgIpc) is 2.78. The molecule has 0 aliphatic rings. The van der Waals surface area contributed by atoms with Crippen LogP contribution >= 0.6 is 0 Å². The lowest BCUT2D eigenvalue weighted by molar-refractivity contribution is 0.276. The van der Waals surface area contributed by atoms with Crippen molar-refractivity contribution in [2.75, 3.05) is 0 Å². The summed E-state index contributed by atoms with van der Waals surface area (Å²) in [5, 5.41) is 21.6. The Morgan fingerprint density at radius 1 is 1.27 bits per heavy atom. The van der Waals surface area contributed by atoms with Crippen molar-refractivity contribution < 1.29 is 5.11 Å². The molecule has 1 aromatic carbocycles. The van der Waals surface area contributed by atoms with Gasteiger partial charge in [0.2, 0.25) is 0 Å². The molecular weight excluding hydrogens is 190 g/mol. The van der Waals surface area contributed by atoms with Crippen LogP contribution in [0.4, 0.5) is 0 Å². The van der Waals surface area contributed by atoms with Gasteiger partial charge in [-0.2, -0.15) is 10.4 Å². The van der Waals surface area contributed by atoms with Gasteiger partial charge < -0.3 is 5.11 Å². The second-order valence-electron chi connectivity index (χ2n) is 3.07. The Kier molecular flexibility index (Phi) is 2.48. The summed E-state index contributed by atoms with van der Waals surface area (Å²) >= 11 is 0. The Morgan fingerprint density at radius 3 is 2.53 bits per heavy atom. The minimum absolute atomic E-state index is 0.0662. The number of benzene rings is 1. The number of aliphatic hydroxyl groups is 1. The molecule has 4 nitrogen and oxygen atoms in total. The molecule has 1 N–H and O–H groups in total. The molecule has 2 rings (SSSR count). The largest absolute Gasteiger partial charge is 0.390 e. The first-order chi connectivity index (χ1) is 7.33. The van der Waals surface area contributed by atoms with E-state index in [1.807, 2.05) is 12.1 Å². The summed E-state index contributed by atoms with van der Waals surface area (Å²) in [4.78, 5) is 0. The molecule has 0 bridgehead atoms. The van der Waals surface area contributed by atoms with Crippen molar-refractivity contribution in [2.24, 2.45) is 0 Å². The maximum atomic E-state index is 8.86. The highest BCUT2D eigenvalue weighted by atomic mass is 16.3. The van der Waals surface area contributed by atoms with Crippen LogP contribution in [0.3, 0.4) is 0 Å². The third-order valence-electron chi connectivity index (χ3n) is 2.07. The average molecular weight is 199 g/mol. The van der Waals surface area contributed by atoms with E-state index in [9.17, 15) is 0 Å². The Balaban J connectivity index is 2.33. The third-order valence-corrected chi connectivity index (χ3v) is 2.07. The van der Waals surface area contributed by atoms with E-state index in [4.69, 9.17) is 10.4 Å². The zero-order valence-corrected chi connectivity index (χ0v) is 7.96. The van der Waals surface area contributed by atoms with Gasteiger partial charge >= 0.3 is 0 Å². The Morgan fingerprint density at radius 2 is 2.00 bits per heavy atom. The molecule has 2 aromatic rings. The van der Waals surface area contributed by atoms with Gasteiger partial charge in [0.1, 0.15) is 0 Å². The number of rotatable bonds is 2. The standard InChI is InChI=1S/C11H9N3O/c12-7-9-1-3-11(4-2-9)14-6-5-10(8-15)13-14/h1-6,15H,8H2. The molecule has 4 heteroatoms. The Labute approximate surface area is 87.0 Å². The SMILES string of the molecule is N#Cc1ccc(-n2ccc(CO)n2)cc1. The molecule has 15 heavy (non-hydrogen) atoms. The van der Waals surface area contributed by atoms with Gasteiger partial charge in [0.05, 0.1) is 29.6 Å². The number of hydrogen-bond acceptors (Lipinski definition) is 3. The zero-order chi connectivity index (χ0) is 10.7. The van der Waals surface area contributed by atoms with Crippen LogP contribution in [0.25, 0.3) is 5.69 Å². The molecule has 74 valence electrons. The molecule has 0 radical (unpaired) electrons. The van der Waals surface area contributed by atoms with Crippen molar-refractivity contribution in [3.63, 3.8) is 0 Å². The van der Waals surface area contributed by atoms with Gasteiger partial charge in [-0.25, -0.2) is 4.68 Å². The molecule has 0 unspecified atom stereocenters. The first kappa shape index (κ1) is 9.44. The lowest BCUT2D eigenvalue weighted by Crippen LogP contribution is -1.95. The van der Waals surface area contributed by atoms with Gasteiger partial charge in [-0.15, -0.1) is 0 Å². The van der Waals surface area contributed by atoms with Gasteiger partial charge in [-0.05, 0) is 30.3 Å². The maximum Gasteiger partial charge on any atom is 0.0991 e. The molecule has 1 heterocycles. The van der Waals surface area contributed by atoms with E-state index >= 15 is 0 Å². The van der Waals surface area contributed by atoms with E-state index in [0.29, 0.717) is 11.3 Å². The van der Waals surface area contributed by atoms with Crippen LogP contribution in [-0.4, -0.2) is 14.9 Å². The highest BCUT2D eigenvalue weighted by Gasteiger charge is 1.99. The van der Waals surface area contributed by atoms with Crippen molar-refractivity contribution >= 4 is 0 Å². The molecule has 0 saturated heterocycles. The van der Waals surface area contributed by atoms with Crippen LogP contribution in [0.2, 0.25) is 0 Å². The van der Waals surface area contributed by atoms with Crippen molar-refractivity contribution in [1.82, 2.24) is 9.78 Å². The van der Waals surface area contributed by atoms with E-state index in [0.717, 1.165) is 5.69 Å². The minimum Gasteiger partial charge on any atom is -0.390 e. The van der Waals surface area contributed by atoms with Crippen LogP contribution < -0.4 is 0 Å². The van der Waals surface area contributed by atoms with Gasteiger partial charge in [-0.1, -0.05) is 0 Å². The number of aromatic nitrogens is 2. The van der Waals surface area contributed by atoms with Crippen LogP contribution in [-0.2, 0) is 6.61 Å². The number of nitriles is 1. The quantitative estimate of drug-likeness (QED) is 0.791. The number of hydrogen-bond donors (Lipinski definition) is 1. The lowest BCUT2D eigenvalue weighted by atomic mass is 10.2. The van der Waals surface area contributed by atoms with Gasteiger partial charge in [0.25, 0.3) is 0 Å². The smallest absolute Gasteiger partial charge is 0.0991 e.